The van der Waals surface area contributed by atoms with Gasteiger partial charge in [0.25, 0.3) is 0 Å². The fourth-order valence-corrected chi connectivity index (χ4v) is 9.89. The zero-order valence-corrected chi connectivity index (χ0v) is 44.9. The molecule has 25 heteroatoms. The molecule has 10 amide bonds. The molecule has 77 heavy (non-hydrogen) atoms. The van der Waals surface area contributed by atoms with Gasteiger partial charge in [-0.1, -0.05) is 70.2 Å². The SMILES string of the molecule is Cc1cccc2[nH]cc(C[C@H](NC(=O)[C@H](CCC(N)=O)NC(=O)[C@H](N)Cc3ccccc3)C(=O)N[C@@H](C)C(=O)N[C@H](C(=O)NCC(=O)N[C@@H](Cc3cnc[nH]3)C(=O)N[C@@H](CC(C)C)C(=O)N3CSC[C@H]3C(N)=O)C(C)C)c12. The van der Waals surface area contributed by atoms with Crippen LogP contribution in [0.1, 0.15) is 76.3 Å². The van der Waals surface area contributed by atoms with Crippen LogP contribution in [-0.2, 0) is 67.2 Å². The third kappa shape index (κ3) is 17.6. The van der Waals surface area contributed by atoms with Crippen molar-refractivity contribution >= 4 is 81.7 Å². The molecule has 0 spiro atoms. The zero-order chi connectivity index (χ0) is 56.5. The summed E-state index contributed by atoms with van der Waals surface area (Å²) in [6, 6.07) is 5.11. The third-order valence-corrected chi connectivity index (χ3v) is 13.9. The zero-order valence-electron chi connectivity index (χ0n) is 44.1. The number of amides is 10. The average Bonchev–Trinajstić information content (AvgIpc) is 4.19. The number of thioether (sulfide) groups is 1. The molecule has 1 aliphatic rings. The molecule has 1 fully saturated rings. The van der Waals surface area contributed by atoms with Crippen LogP contribution < -0.4 is 54.4 Å². The molecule has 2 aromatic carbocycles. The average molecular weight is 1090 g/mol. The van der Waals surface area contributed by atoms with E-state index in [0.29, 0.717) is 17.0 Å². The van der Waals surface area contributed by atoms with Crippen molar-refractivity contribution in [2.45, 2.75) is 128 Å². The first-order valence-corrected chi connectivity index (χ1v) is 26.5. The second kappa shape index (κ2) is 28.4. The highest BCUT2D eigenvalue weighted by Crippen LogP contribution is 2.25. The van der Waals surface area contributed by atoms with Gasteiger partial charge in [0.1, 0.15) is 42.3 Å². The van der Waals surface area contributed by atoms with E-state index in [9.17, 15) is 47.9 Å². The van der Waals surface area contributed by atoms with Gasteiger partial charge in [0.15, 0.2) is 0 Å². The molecule has 1 aliphatic heterocycles. The van der Waals surface area contributed by atoms with Crippen molar-refractivity contribution in [3.63, 3.8) is 0 Å². The number of nitrogens with zero attached hydrogens (tertiary/aromatic N) is 2. The van der Waals surface area contributed by atoms with Crippen LogP contribution in [0.5, 0.6) is 0 Å². The first-order chi connectivity index (χ1) is 36.5. The largest absolute Gasteiger partial charge is 0.370 e. The number of hydrogen-bond acceptors (Lipinski definition) is 13. The fourth-order valence-electron chi connectivity index (χ4n) is 8.71. The number of aromatic amines is 2. The molecule has 0 saturated carbocycles. The Hall–Kier alpha value is -7.80. The van der Waals surface area contributed by atoms with Crippen LogP contribution in [0, 0.1) is 18.8 Å². The monoisotopic (exact) mass is 1080 g/mol. The maximum Gasteiger partial charge on any atom is 0.246 e. The first-order valence-electron chi connectivity index (χ1n) is 25.4. The van der Waals surface area contributed by atoms with Crippen molar-refractivity contribution < 1.29 is 47.9 Å². The molecule has 0 unspecified atom stereocenters. The summed E-state index contributed by atoms with van der Waals surface area (Å²) in [5.41, 5.74) is 20.8. The van der Waals surface area contributed by atoms with E-state index in [4.69, 9.17) is 17.2 Å². The molecule has 2 aromatic heterocycles. The van der Waals surface area contributed by atoms with Crippen molar-refractivity contribution in [2.75, 3.05) is 18.2 Å². The summed E-state index contributed by atoms with van der Waals surface area (Å²) in [4.78, 5) is 146. The second-order valence-electron chi connectivity index (χ2n) is 19.9. The number of hydrogen-bond donors (Lipinski definition) is 12. The molecule has 0 radical (unpaired) electrons. The van der Waals surface area contributed by atoms with Crippen LogP contribution in [0.4, 0.5) is 0 Å². The van der Waals surface area contributed by atoms with Crippen LogP contribution >= 0.6 is 11.8 Å². The Morgan fingerprint density at radius 1 is 0.727 bits per heavy atom. The van der Waals surface area contributed by atoms with E-state index in [1.807, 2.05) is 45.0 Å². The molecular weight excluding hydrogens is 1010 g/mol. The lowest BCUT2D eigenvalue weighted by atomic mass is 10.00. The molecule has 4 aromatic rings. The maximum atomic E-state index is 14.3. The second-order valence-corrected chi connectivity index (χ2v) is 20.9. The van der Waals surface area contributed by atoms with Crippen LogP contribution in [-0.4, -0.2) is 145 Å². The molecule has 0 bridgehead atoms. The number of imidazole rings is 1. The standard InChI is InChI=1S/C52H72N14O10S/c1-27(2)17-39(52(76)66-26-77-24-40(66)45(55)69)64-50(74)38(20-33-22-56-25-59-33)61-42(68)23-58-51(75)44(28(3)4)65-46(70)30(6)60-49(73)37(19-32-21-57-35-14-10-11-29(5)43(32)35)63-48(72)36(15-16-41(54)67)62-47(71)34(53)18-31-12-8-7-9-13-31/h7-14,21-22,25,27-28,30,34,36-40,44,57H,15-20,23-24,26,53H2,1-6H3,(H2,54,67)(H2,55,69)(H,56,59)(H,58,75)(H,60,73)(H,61,68)(H,62,71)(H,63,72)(H,64,74)(H,65,70)/t30-,34+,36-,37-,38-,39-,40-,44-/m0/s1. The normalized spacial score (nSPS) is 16.0. The van der Waals surface area contributed by atoms with Crippen LogP contribution in [0.3, 0.4) is 0 Å². The van der Waals surface area contributed by atoms with Gasteiger partial charge in [0.2, 0.25) is 59.1 Å². The number of primary amides is 2. The van der Waals surface area contributed by atoms with Crippen LogP contribution in [0.2, 0.25) is 0 Å². The number of carbonyl (C=O) groups is 10. The summed E-state index contributed by atoms with van der Waals surface area (Å²) in [6.07, 6.45) is 4.25. The lowest BCUT2D eigenvalue weighted by molar-refractivity contribution is -0.141. The predicted octanol–water partition coefficient (Wildman–Crippen LogP) is -1.05. The molecule has 5 rings (SSSR count). The van der Waals surface area contributed by atoms with Crippen molar-refractivity contribution in [3.8, 4) is 0 Å². The lowest BCUT2D eigenvalue weighted by Gasteiger charge is -2.29. The van der Waals surface area contributed by atoms with E-state index < -0.39 is 120 Å². The van der Waals surface area contributed by atoms with E-state index >= 15 is 0 Å². The van der Waals surface area contributed by atoms with E-state index in [0.717, 1.165) is 22.0 Å². The van der Waals surface area contributed by atoms with Crippen molar-refractivity contribution in [1.82, 2.24) is 57.1 Å². The summed E-state index contributed by atoms with van der Waals surface area (Å²) >= 11 is 1.36. The van der Waals surface area contributed by atoms with Gasteiger partial charge in [-0.3, -0.25) is 47.9 Å². The minimum atomic E-state index is -1.36. The molecular formula is C52H72N14O10S. The van der Waals surface area contributed by atoms with Gasteiger partial charge >= 0.3 is 0 Å². The molecule has 8 atom stereocenters. The smallest absolute Gasteiger partial charge is 0.246 e. The van der Waals surface area contributed by atoms with E-state index in [2.05, 4.69) is 52.2 Å². The highest BCUT2D eigenvalue weighted by molar-refractivity contribution is 7.99. The number of benzene rings is 2. The number of nitrogens with two attached hydrogens (primary N) is 3. The van der Waals surface area contributed by atoms with Crippen molar-refractivity contribution in [3.05, 3.63) is 89.6 Å². The molecule has 24 nitrogen and oxygen atoms in total. The van der Waals surface area contributed by atoms with Gasteiger partial charge < -0.3 is 69.3 Å². The Kier molecular flexibility index (Phi) is 22.1. The van der Waals surface area contributed by atoms with Crippen LogP contribution in [0.15, 0.2) is 67.3 Å². The Balaban J connectivity index is 1.26. The third-order valence-electron chi connectivity index (χ3n) is 12.9. The van der Waals surface area contributed by atoms with Gasteiger partial charge in [-0.25, -0.2) is 4.98 Å². The summed E-state index contributed by atoms with van der Waals surface area (Å²) in [5.74, 6) is -7.33. The quantitative estimate of drug-likeness (QED) is 0.0324. The lowest BCUT2D eigenvalue weighted by Crippen LogP contribution is -2.59. The van der Waals surface area contributed by atoms with Gasteiger partial charge in [-0.15, -0.1) is 11.8 Å². The molecule has 0 aliphatic carbocycles. The van der Waals surface area contributed by atoms with E-state index in [-0.39, 0.29) is 50.3 Å². The minimum absolute atomic E-state index is 0.0565. The molecule has 3 heterocycles. The number of fused-ring (bicyclic) bond motifs is 1. The van der Waals surface area contributed by atoms with Crippen molar-refractivity contribution in [2.24, 2.45) is 29.0 Å². The number of nitrogens with one attached hydrogen (secondary N) is 9. The number of carbonyl (C=O) groups excluding carboxylic acids is 10. The van der Waals surface area contributed by atoms with E-state index in [1.165, 1.54) is 36.1 Å². The first kappa shape index (κ1) is 60.1. The summed E-state index contributed by atoms with van der Waals surface area (Å²) < 4.78 is 0. The summed E-state index contributed by atoms with van der Waals surface area (Å²) in [5, 5.41) is 19.2. The minimum Gasteiger partial charge on any atom is -0.370 e. The molecule has 1 saturated heterocycles. The Labute approximate surface area is 450 Å². The van der Waals surface area contributed by atoms with Gasteiger partial charge in [0, 0.05) is 54.0 Å². The maximum absolute atomic E-state index is 14.3. The molecule has 416 valence electrons. The summed E-state index contributed by atoms with van der Waals surface area (Å²) in [6.45, 7) is 9.65. The number of aromatic nitrogens is 3. The topological polar surface area (TPSA) is 381 Å². The Bertz CT molecular complexity index is 2740. The molecule has 15 N–H and O–H groups in total. The van der Waals surface area contributed by atoms with Gasteiger partial charge in [-0.2, -0.15) is 0 Å². The highest BCUT2D eigenvalue weighted by atomic mass is 32.2. The van der Waals surface area contributed by atoms with Crippen LogP contribution in [0.25, 0.3) is 10.9 Å². The fraction of sp³-hybridized carbons (Fsp3) is 0.481. The number of rotatable bonds is 28. The number of aryl methyl sites for hydroxylation is 1. The predicted molar refractivity (Wildman–Crippen MR) is 287 cm³/mol. The van der Waals surface area contributed by atoms with Gasteiger partial charge in [0.05, 0.1) is 24.8 Å². The Morgan fingerprint density at radius 3 is 2.04 bits per heavy atom. The summed E-state index contributed by atoms with van der Waals surface area (Å²) in [7, 11) is 0. The van der Waals surface area contributed by atoms with Gasteiger partial charge in [-0.05, 0) is 67.7 Å². The van der Waals surface area contributed by atoms with Crippen molar-refractivity contribution in [1.29, 1.82) is 0 Å². The Morgan fingerprint density at radius 2 is 1.39 bits per heavy atom. The van der Waals surface area contributed by atoms with E-state index in [1.54, 1.807) is 44.3 Å². The highest BCUT2D eigenvalue weighted by Gasteiger charge is 2.39. The number of H-pyrrole nitrogens is 2.